The van der Waals surface area contributed by atoms with Gasteiger partial charge in [-0.15, -0.1) is 0 Å². The number of nitrogens with one attached hydrogen (secondary N) is 1. The van der Waals surface area contributed by atoms with Crippen LogP contribution in [0.4, 0.5) is 9.18 Å². The molecule has 2 aromatic rings. The van der Waals surface area contributed by atoms with Gasteiger partial charge in [-0.1, -0.05) is 18.2 Å². The van der Waals surface area contributed by atoms with Gasteiger partial charge in [0.25, 0.3) is 0 Å². The smallest absolute Gasteiger partial charge is 0.317 e. The Bertz CT molecular complexity index is 900. The van der Waals surface area contributed by atoms with Gasteiger partial charge in [0.2, 0.25) is 10.0 Å². The van der Waals surface area contributed by atoms with Crippen LogP contribution in [0.5, 0.6) is 0 Å². The lowest BCUT2D eigenvalue weighted by Crippen LogP contribution is -2.53. The summed E-state index contributed by atoms with van der Waals surface area (Å²) in [4.78, 5) is 17.9. The fourth-order valence-corrected chi connectivity index (χ4v) is 4.35. The van der Waals surface area contributed by atoms with E-state index in [0.29, 0.717) is 5.56 Å². The highest BCUT2D eigenvalue weighted by Crippen LogP contribution is 2.18. The molecule has 0 unspecified atom stereocenters. The molecule has 1 aromatic heterocycles. The number of aromatic nitrogens is 1. The summed E-state index contributed by atoms with van der Waals surface area (Å²) in [5, 5.41) is 2.76. The Morgan fingerprint density at radius 3 is 2.48 bits per heavy atom. The van der Waals surface area contributed by atoms with Crippen LogP contribution in [0.15, 0.2) is 53.7 Å². The van der Waals surface area contributed by atoms with Crippen LogP contribution in [-0.4, -0.2) is 54.8 Å². The summed E-state index contributed by atoms with van der Waals surface area (Å²) in [5.41, 5.74) is 0.406. The van der Waals surface area contributed by atoms with Gasteiger partial charge in [0.15, 0.2) is 0 Å². The lowest BCUT2D eigenvalue weighted by molar-refractivity contribution is 0.169. The molecule has 2 amide bonds. The Labute approximate surface area is 157 Å². The SMILES string of the molecule is C[C@H](NC(=O)N1CCN(S(=O)(=O)c2cccnc2)CC1)c1ccccc1F. The number of hydrogen-bond donors (Lipinski definition) is 1. The number of sulfonamides is 1. The van der Waals surface area contributed by atoms with Gasteiger partial charge in [-0.2, -0.15) is 4.31 Å². The zero-order valence-corrected chi connectivity index (χ0v) is 15.7. The van der Waals surface area contributed by atoms with Crippen molar-refractivity contribution < 1.29 is 17.6 Å². The van der Waals surface area contributed by atoms with Crippen LogP contribution in [0.3, 0.4) is 0 Å². The Morgan fingerprint density at radius 2 is 1.85 bits per heavy atom. The van der Waals surface area contributed by atoms with Crippen LogP contribution in [0.2, 0.25) is 0 Å². The Morgan fingerprint density at radius 1 is 1.15 bits per heavy atom. The number of halogens is 1. The van der Waals surface area contributed by atoms with Crippen LogP contribution in [0, 0.1) is 5.82 Å². The summed E-state index contributed by atoms with van der Waals surface area (Å²) in [6.45, 7) is 2.61. The molecule has 0 saturated carbocycles. The summed E-state index contributed by atoms with van der Waals surface area (Å²) in [5.74, 6) is -0.377. The van der Waals surface area contributed by atoms with E-state index >= 15 is 0 Å². The molecule has 0 aliphatic carbocycles. The van der Waals surface area contributed by atoms with E-state index < -0.39 is 16.1 Å². The van der Waals surface area contributed by atoms with Crippen LogP contribution in [0.1, 0.15) is 18.5 Å². The van der Waals surface area contributed by atoms with E-state index in [1.54, 1.807) is 31.2 Å². The molecule has 144 valence electrons. The third-order valence-electron chi connectivity index (χ3n) is 4.51. The van der Waals surface area contributed by atoms with E-state index in [0.717, 1.165) is 0 Å². The number of piperazine rings is 1. The van der Waals surface area contributed by atoms with Crippen molar-refractivity contribution in [1.82, 2.24) is 19.5 Å². The van der Waals surface area contributed by atoms with Crippen molar-refractivity contribution in [2.45, 2.75) is 17.9 Å². The van der Waals surface area contributed by atoms with Crippen molar-refractivity contribution in [3.8, 4) is 0 Å². The van der Waals surface area contributed by atoms with Crippen LogP contribution < -0.4 is 5.32 Å². The average molecular weight is 392 g/mol. The molecule has 3 rings (SSSR count). The van der Waals surface area contributed by atoms with Gasteiger partial charge >= 0.3 is 6.03 Å². The number of carbonyl (C=O) groups is 1. The van der Waals surface area contributed by atoms with Crippen LogP contribution in [-0.2, 0) is 10.0 Å². The molecule has 0 radical (unpaired) electrons. The molecule has 1 N–H and O–H groups in total. The van der Waals surface area contributed by atoms with Gasteiger partial charge in [0, 0.05) is 44.1 Å². The van der Waals surface area contributed by atoms with Crippen molar-refractivity contribution >= 4 is 16.1 Å². The Balaban J connectivity index is 1.59. The lowest BCUT2D eigenvalue weighted by atomic mass is 10.1. The van der Waals surface area contributed by atoms with Crippen LogP contribution in [0.25, 0.3) is 0 Å². The molecule has 1 aliphatic heterocycles. The maximum absolute atomic E-state index is 13.8. The highest BCUT2D eigenvalue weighted by atomic mass is 32.2. The van der Waals surface area contributed by atoms with Gasteiger partial charge in [-0.3, -0.25) is 4.98 Å². The normalized spacial score (nSPS) is 16.7. The summed E-state index contributed by atoms with van der Waals surface area (Å²) >= 11 is 0. The summed E-state index contributed by atoms with van der Waals surface area (Å²) in [7, 11) is -3.62. The summed E-state index contributed by atoms with van der Waals surface area (Å²) in [6.07, 6.45) is 2.82. The van der Waals surface area contributed by atoms with Gasteiger partial charge in [0.1, 0.15) is 10.7 Å². The standard InChI is InChI=1S/C18H21FN4O3S/c1-14(16-6-2-3-7-17(16)19)21-18(24)22-9-11-23(12-10-22)27(25,26)15-5-4-8-20-13-15/h2-8,13-14H,9-12H2,1H3,(H,21,24)/t14-/m0/s1. The van der Waals surface area contributed by atoms with E-state index in [1.165, 1.54) is 33.7 Å². The predicted octanol–water partition coefficient (Wildman–Crippen LogP) is 2.00. The molecular weight excluding hydrogens is 371 g/mol. The first-order valence-electron chi connectivity index (χ1n) is 8.59. The number of nitrogens with zero attached hydrogens (tertiary/aromatic N) is 3. The molecule has 9 heteroatoms. The second kappa shape index (κ2) is 8.01. The first-order valence-corrected chi connectivity index (χ1v) is 10.0. The fraction of sp³-hybridized carbons (Fsp3) is 0.333. The topological polar surface area (TPSA) is 82.6 Å². The molecule has 7 nitrogen and oxygen atoms in total. The highest BCUT2D eigenvalue weighted by Gasteiger charge is 2.30. The molecule has 2 heterocycles. The minimum Gasteiger partial charge on any atom is -0.331 e. The van der Waals surface area contributed by atoms with Gasteiger partial charge in [-0.05, 0) is 25.1 Å². The first kappa shape index (κ1) is 19.2. The number of carbonyl (C=O) groups excluding carboxylic acids is 1. The van der Waals surface area contributed by atoms with Crippen molar-refractivity contribution in [2.24, 2.45) is 0 Å². The second-order valence-corrected chi connectivity index (χ2v) is 8.21. The minimum absolute atomic E-state index is 0.135. The van der Waals surface area contributed by atoms with E-state index in [1.807, 2.05) is 0 Å². The fourth-order valence-electron chi connectivity index (χ4n) is 2.96. The molecule has 1 atom stereocenters. The largest absolute Gasteiger partial charge is 0.331 e. The Kier molecular flexibility index (Phi) is 5.71. The monoisotopic (exact) mass is 392 g/mol. The molecule has 1 aromatic carbocycles. The third kappa shape index (κ3) is 4.25. The first-order chi connectivity index (χ1) is 12.9. The number of rotatable bonds is 4. The number of pyridine rings is 1. The summed E-state index contributed by atoms with van der Waals surface area (Å²) in [6, 6.07) is 8.51. The quantitative estimate of drug-likeness (QED) is 0.863. The molecule has 27 heavy (non-hydrogen) atoms. The van der Waals surface area contributed by atoms with Gasteiger partial charge in [0.05, 0.1) is 6.04 Å². The van der Waals surface area contributed by atoms with Gasteiger partial charge < -0.3 is 10.2 Å². The zero-order valence-electron chi connectivity index (χ0n) is 14.9. The maximum Gasteiger partial charge on any atom is 0.317 e. The molecule has 0 bridgehead atoms. The summed E-state index contributed by atoms with van der Waals surface area (Å²) < 4.78 is 40.4. The molecule has 0 spiro atoms. The number of benzene rings is 1. The Hall–Kier alpha value is -2.52. The number of hydrogen-bond acceptors (Lipinski definition) is 4. The van der Waals surface area contributed by atoms with E-state index in [4.69, 9.17) is 0 Å². The van der Waals surface area contributed by atoms with Crippen molar-refractivity contribution in [1.29, 1.82) is 0 Å². The van der Waals surface area contributed by atoms with Crippen LogP contribution >= 0.6 is 0 Å². The average Bonchev–Trinajstić information content (AvgIpc) is 2.69. The van der Waals surface area contributed by atoms with E-state index in [2.05, 4.69) is 10.3 Å². The van der Waals surface area contributed by atoms with Crippen molar-refractivity contribution in [3.63, 3.8) is 0 Å². The molecular formula is C18H21FN4O3S. The number of amides is 2. The second-order valence-electron chi connectivity index (χ2n) is 6.27. The van der Waals surface area contributed by atoms with Crippen molar-refractivity contribution in [3.05, 3.63) is 60.2 Å². The maximum atomic E-state index is 13.8. The highest BCUT2D eigenvalue weighted by molar-refractivity contribution is 7.89. The zero-order chi connectivity index (χ0) is 19.4. The lowest BCUT2D eigenvalue weighted by Gasteiger charge is -2.34. The molecule has 1 aliphatic rings. The molecule has 1 saturated heterocycles. The van der Waals surface area contributed by atoms with Crippen molar-refractivity contribution in [2.75, 3.05) is 26.2 Å². The molecule has 1 fully saturated rings. The third-order valence-corrected chi connectivity index (χ3v) is 6.39. The minimum atomic E-state index is -3.62. The van der Waals surface area contributed by atoms with E-state index in [-0.39, 0.29) is 42.9 Å². The number of urea groups is 1. The van der Waals surface area contributed by atoms with Gasteiger partial charge in [-0.25, -0.2) is 17.6 Å². The van der Waals surface area contributed by atoms with E-state index in [9.17, 15) is 17.6 Å². The predicted molar refractivity (Wildman–Crippen MR) is 97.9 cm³/mol.